The van der Waals surface area contributed by atoms with Gasteiger partial charge in [-0.3, -0.25) is 4.79 Å². The van der Waals surface area contributed by atoms with E-state index >= 15 is 0 Å². The third kappa shape index (κ3) is 4.99. The Bertz CT molecular complexity index is 529. The summed E-state index contributed by atoms with van der Waals surface area (Å²) in [4.78, 5) is 14.8. The van der Waals surface area contributed by atoms with Gasteiger partial charge in [-0.25, -0.2) is 4.68 Å². The summed E-state index contributed by atoms with van der Waals surface area (Å²) in [5.41, 5.74) is -0.398. The lowest BCUT2D eigenvalue weighted by atomic mass is 9.96. The van der Waals surface area contributed by atoms with Crippen molar-refractivity contribution in [2.45, 2.75) is 59.0 Å². The molecular formula is C18H32N4OS. The normalized spacial score (nSPS) is 18.5. The third-order valence-corrected chi connectivity index (χ3v) is 5.45. The van der Waals surface area contributed by atoms with Crippen molar-refractivity contribution >= 4 is 23.5 Å². The first-order valence-corrected chi connectivity index (χ1v) is 10.3. The van der Waals surface area contributed by atoms with Gasteiger partial charge in [-0.2, -0.15) is 16.9 Å². The Balaban J connectivity index is 1.93. The number of hydrogen-bond donors (Lipinski definition) is 1. The summed E-state index contributed by atoms with van der Waals surface area (Å²) in [6, 6.07) is 2.92. The van der Waals surface area contributed by atoms with Crippen molar-refractivity contribution in [3.8, 4) is 0 Å². The van der Waals surface area contributed by atoms with E-state index in [0.29, 0.717) is 12.1 Å². The predicted octanol–water partition coefficient (Wildman–Crippen LogP) is 3.65. The molecule has 0 aromatic carbocycles. The summed E-state index contributed by atoms with van der Waals surface area (Å²) in [6.07, 6.45) is 7.38. The Morgan fingerprint density at radius 3 is 2.67 bits per heavy atom. The Morgan fingerprint density at radius 2 is 2.08 bits per heavy atom. The Kier molecular flexibility index (Phi) is 6.75. The van der Waals surface area contributed by atoms with Crippen molar-refractivity contribution in [3.63, 3.8) is 0 Å². The number of thioether (sulfide) groups is 1. The van der Waals surface area contributed by atoms with Crippen LogP contribution in [0.3, 0.4) is 0 Å². The first kappa shape index (κ1) is 19.3. The molecule has 0 bridgehead atoms. The number of carbonyl (C=O) groups is 1. The first-order chi connectivity index (χ1) is 11.3. The van der Waals surface area contributed by atoms with Crippen LogP contribution in [-0.2, 0) is 4.79 Å². The van der Waals surface area contributed by atoms with E-state index in [-0.39, 0.29) is 5.91 Å². The van der Waals surface area contributed by atoms with Crippen molar-refractivity contribution < 1.29 is 4.79 Å². The van der Waals surface area contributed by atoms with E-state index in [9.17, 15) is 4.79 Å². The summed E-state index contributed by atoms with van der Waals surface area (Å²) < 4.78 is 2.01. The van der Waals surface area contributed by atoms with E-state index in [0.717, 1.165) is 31.7 Å². The quantitative estimate of drug-likeness (QED) is 0.849. The maximum Gasteiger partial charge on any atom is 0.230 e. The van der Waals surface area contributed by atoms with Crippen LogP contribution in [-0.4, -0.2) is 51.7 Å². The van der Waals surface area contributed by atoms with Crippen LogP contribution in [0.1, 0.15) is 53.0 Å². The highest BCUT2D eigenvalue weighted by Crippen LogP contribution is 2.27. The van der Waals surface area contributed by atoms with Crippen LogP contribution in [0.25, 0.3) is 0 Å². The minimum atomic E-state index is -0.398. The third-order valence-electron chi connectivity index (χ3n) is 4.80. The second-order valence-corrected chi connectivity index (χ2v) is 8.75. The summed E-state index contributed by atoms with van der Waals surface area (Å²) >= 11 is 1.92. The van der Waals surface area contributed by atoms with Crippen molar-refractivity contribution in [2.24, 2.45) is 5.41 Å². The number of anilines is 1. The van der Waals surface area contributed by atoms with Crippen molar-refractivity contribution in [1.82, 2.24) is 14.7 Å². The average molecular weight is 353 g/mol. The molecule has 1 amide bonds. The van der Waals surface area contributed by atoms with Crippen LogP contribution in [0.15, 0.2) is 12.3 Å². The van der Waals surface area contributed by atoms with Gasteiger partial charge < -0.3 is 10.2 Å². The molecule has 0 aliphatic carbocycles. The van der Waals surface area contributed by atoms with Gasteiger partial charge in [0, 0.05) is 30.6 Å². The predicted molar refractivity (Wildman–Crippen MR) is 103 cm³/mol. The number of carbonyl (C=O) groups excluding carboxylic acids is 1. The topological polar surface area (TPSA) is 50.2 Å². The van der Waals surface area contributed by atoms with Gasteiger partial charge in [0.05, 0.1) is 12.2 Å². The number of aromatic nitrogens is 2. The van der Waals surface area contributed by atoms with E-state index in [1.807, 2.05) is 43.3 Å². The molecule has 0 radical (unpaired) electrons. The van der Waals surface area contributed by atoms with Crippen molar-refractivity contribution in [2.75, 3.05) is 30.4 Å². The standard InChI is InChI=1S/C18H32N4OS/c1-14(9-13-24-5)21-11-7-15(8-12-21)22-16(6-10-19-22)20-17(23)18(2,3)4/h6,10,14-15H,7-9,11-13H2,1-5H3,(H,20,23). The number of nitrogens with zero attached hydrogens (tertiary/aromatic N) is 3. The van der Waals surface area contributed by atoms with Crippen LogP contribution >= 0.6 is 11.8 Å². The molecule has 2 rings (SSSR count). The van der Waals surface area contributed by atoms with Crippen molar-refractivity contribution in [1.29, 1.82) is 0 Å². The van der Waals surface area contributed by atoms with Gasteiger partial charge in [-0.1, -0.05) is 20.8 Å². The molecular weight excluding hydrogens is 320 g/mol. The maximum atomic E-state index is 12.2. The van der Waals surface area contributed by atoms with Gasteiger partial charge in [0.1, 0.15) is 5.82 Å². The molecule has 0 saturated carbocycles. The highest BCUT2D eigenvalue weighted by molar-refractivity contribution is 7.98. The van der Waals surface area contributed by atoms with E-state index < -0.39 is 5.41 Å². The number of hydrogen-bond acceptors (Lipinski definition) is 4. The molecule has 1 fully saturated rings. The number of likely N-dealkylation sites (tertiary alicyclic amines) is 1. The second-order valence-electron chi connectivity index (χ2n) is 7.76. The summed E-state index contributed by atoms with van der Waals surface area (Å²) in [5.74, 6) is 2.08. The molecule has 1 unspecified atom stereocenters. The molecule has 1 N–H and O–H groups in total. The molecule has 136 valence electrons. The van der Waals surface area contributed by atoms with E-state index in [1.54, 1.807) is 6.20 Å². The van der Waals surface area contributed by atoms with Gasteiger partial charge in [-0.15, -0.1) is 0 Å². The van der Waals surface area contributed by atoms with Crippen LogP contribution in [0.2, 0.25) is 0 Å². The molecule has 0 spiro atoms. The molecule has 6 heteroatoms. The van der Waals surface area contributed by atoms with E-state index in [2.05, 4.69) is 28.5 Å². The van der Waals surface area contributed by atoms with Crippen LogP contribution in [0.5, 0.6) is 0 Å². The maximum absolute atomic E-state index is 12.2. The zero-order chi connectivity index (χ0) is 17.7. The highest BCUT2D eigenvalue weighted by atomic mass is 32.2. The monoisotopic (exact) mass is 352 g/mol. The molecule has 2 heterocycles. The average Bonchev–Trinajstić information content (AvgIpc) is 3.00. The summed E-state index contributed by atoms with van der Waals surface area (Å²) in [5, 5.41) is 7.51. The fourth-order valence-electron chi connectivity index (χ4n) is 3.05. The van der Waals surface area contributed by atoms with E-state index in [1.165, 1.54) is 12.2 Å². The molecule has 24 heavy (non-hydrogen) atoms. The Hall–Kier alpha value is -1.01. The van der Waals surface area contributed by atoms with Crippen LogP contribution < -0.4 is 5.32 Å². The summed E-state index contributed by atoms with van der Waals surface area (Å²) in [6.45, 7) is 10.3. The molecule has 1 atom stereocenters. The minimum Gasteiger partial charge on any atom is -0.310 e. The number of rotatable bonds is 6. The zero-order valence-corrected chi connectivity index (χ0v) is 16.5. The molecule has 1 aliphatic heterocycles. The largest absolute Gasteiger partial charge is 0.310 e. The Morgan fingerprint density at radius 1 is 1.42 bits per heavy atom. The zero-order valence-electron chi connectivity index (χ0n) is 15.7. The van der Waals surface area contributed by atoms with Gasteiger partial charge in [0.15, 0.2) is 0 Å². The van der Waals surface area contributed by atoms with E-state index in [4.69, 9.17) is 0 Å². The SMILES string of the molecule is CSCCC(C)N1CCC(n2nccc2NC(=O)C(C)(C)C)CC1. The lowest BCUT2D eigenvalue weighted by Gasteiger charge is -2.36. The summed E-state index contributed by atoms with van der Waals surface area (Å²) in [7, 11) is 0. The highest BCUT2D eigenvalue weighted by Gasteiger charge is 2.27. The fraction of sp³-hybridized carbons (Fsp3) is 0.778. The minimum absolute atomic E-state index is 0.0346. The Labute approximate surface area is 150 Å². The van der Waals surface area contributed by atoms with Crippen molar-refractivity contribution in [3.05, 3.63) is 12.3 Å². The molecule has 1 saturated heterocycles. The molecule has 1 aromatic rings. The first-order valence-electron chi connectivity index (χ1n) is 8.91. The van der Waals surface area contributed by atoms with Crippen LogP contribution in [0, 0.1) is 5.41 Å². The smallest absolute Gasteiger partial charge is 0.230 e. The van der Waals surface area contributed by atoms with Gasteiger partial charge >= 0.3 is 0 Å². The lowest BCUT2D eigenvalue weighted by Crippen LogP contribution is -2.41. The molecule has 1 aromatic heterocycles. The van der Waals surface area contributed by atoms with Gasteiger partial charge in [0.25, 0.3) is 0 Å². The van der Waals surface area contributed by atoms with Crippen LogP contribution in [0.4, 0.5) is 5.82 Å². The molecule has 5 nitrogen and oxygen atoms in total. The fourth-order valence-corrected chi connectivity index (χ4v) is 3.63. The van der Waals surface area contributed by atoms with Gasteiger partial charge in [-0.05, 0) is 38.2 Å². The number of amides is 1. The lowest BCUT2D eigenvalue weighted by molar-refractivity contribution is -0.123. The molecule has 1 aliphatic rings. The number of piperidine rings is 1. The van der Waals surface area contributed by atoms with Gasteiger partial charge in [0.2, 0.25) is 5.91 Å². The number of nitrogens with one attached hydrogen (secondary N) is 1. The second kappa shape index (κ2) is 8.39.